The van der Waals surface area contributed by atoms with Gasteiger partial charge in [0.05, 0.1) is 22.1 Å². The summed E-state index contributed by atoms with van der Waals surface area (Å²) in [5.74, 6) is 0. The Hall–Kier alpha value is -7.20. The van der Waals surface area contributed by atoms with E-state index in [-0.39, 0.29) is 0 Å². The van der Waals surface area contributed by atoms with Crippen molar-refractivity contribution in [3.05, 3.63) is 212 Å². The van der Waals surface area contributed by atoms with Crippen molar-refractivity contribution in [3.63, 3.8) is 0 Å². The second-order valence-electron chi connectivity index (χ2n) is 15.0. The van der Waals surface area contributed by atoms with Gasteiger partial charge in [0.1, 0.15) is 0 Å². The van der Waals surface area contributed by atoms with Crippen molar-refractivity contribution in [1.82, 2.24) is 9.13 Å². The molecule has 3 heterocycles. The van der Waals surface area contributed by atoms with E-state index in [1.165, 1.54) is 97.2 Å². The number of hydrogen-bond donors (Lipinski definition) is 0. The predicted molar refractivity (Wildman–Crippen MR) is 252 cm³/mol. The van der Waals surface area contributed by atoms with Crippen LogP contribution in [0.1, 0.15) is 12.5 Å². The molecule has 0 bridgehead atoms. The summed E-state index contributed by atoms with van der Waals surface area (Å²) in [5, 5.41) is 7.61. The number of fused-ring (bicyclic) bond motifs is 9. The minimum Gasteiger partial charge on any atom is -0.309 e. The quantitative estimate of drug-likeness (QED) is 0.143. The molecule has 0 aliphatic heterocycles. The van der Waals surface area contributed by atoms with Gasteiger partial charge in [-0.15, -0.1) is 11.3 Å². The Bertz CT molecular complexity index is 3460. The maximum atomic E-state index is 3.81. The van der Waals surface area contributed by atoms with Crippen LogP contribution in [0.25, 0.3) is 103 Å². The summed E-state index contributed by atoms with van der Waals surface area (Å²) in [6.07, 6.45) is 7.95. The Morgan fingerprint density at radius 3 is 1.93 bits per heavy atom. The van der Waals surface area contributed by atoms with Gasteiger partial charge in [0, 0.05) is 53.1 Å². The lowest BCUT2D eigenvalue weighted by atomic mass is 9.98. The van der Waals surface area contributed by atoms with E-state index in [9.17, 15) is 0 Å². The van der Waals surface area contributed by atoms with Crippen LogP contribution in [0.2, 0.25) is 0 Å². The van der Waals surface area contributed by atoms with E-state index in [2.05, 4.69) is 205 Å². The molecule has 0 aliphatic carbocycles. The molecular weight excluding hydrogens is 721 g/mol. The van der Waals surface area contributed by atoms with Gasteiger partial charge >= 0.3 is 0 Å². The molecular formula is C55H38N2S. The number of nitrogens with zero attached hydrogens (tertiary/aromatic N) is 2. The second-order valence-corrected chi connectivity index (χ2v) is 16.1. The molecule has 0 saturated carbocycles. The molecule has 0 amide bonds. The van der Waals surface area contributed by atoms with Crippen molar-refractivity contribution in [2.45, 2.75) is 6.92 Å². The lowest BCUT2D eigenvalue weighted by molar-refractivity contribution is 1.16. The zero-order chi connectivity index (χ0) is 38.7. The van der Waals surface area contributed by atoms with Crippen LogP contribution in [0, 0.1) is 0 Å². The molecule has 0 unspecified atom stereocenters. The number of allylic oxidation sites excluding steroid dienone is 5. The van der Waals surface area contributed by atoms with Gasteiger partial charge in [-0.05, 0) is 107 Å². The molecule has 0 spiro atoms. The van der Waals surface area contributed by atoms with Gasteiger partial charge in [-0.25, -0.2) is 0 Å². The number of rotatable bonds is 7. The fourth-order valence-corrected chi connectivity index (χ4v) is 10.1. The standard InChI is InChI=1S/C55H38N2S/c1-3-4-6-15-36(2)38-16-13-17-39(32-38)40-28-31-51-47(33-40)49-34-48-44-20-9-11-24-50(44)56(41-18-7-5-8-19-41)52(48)35-53(49)57(51)42-29-26-37(27-30-42)43-22-14-23-46-45-21-10-12-25-54(45)58-55(43)46/h3-35H,1H2,2H3/b6-4-,36-15+. The first-order chi connectivity index (χ1) is 28.6. The minimum absolute atomic E-state index is 1.14. The first-order valence-corrected chi connectivity index (χ1v) is 20.6. The molecule has 3 heteroatoms. The molecule has 11 aromatic rings. The maximum absolute atomic E-state index is 3.81. The van der Waals surface area contributed by atoms with Crippen LogP contribution in [-0.2, 0) is 0 Å². The fourth-order valence-electron chi connectivity index (χ4n) is 8.88. The predicted octanol–water partition coefficient (Wildman–Crippen LogP) is 15.7. The van der Waals surface area contributed by atoms with Gasteiger partial charge in [0.2, 0.25) is 0 Å². The molecule has 0 radical (unpaired) electrons. The van der Waals surface area contributed by atoms with Gasteiger partial charge in [-0.1, -0.05) is 140 Å². The van der Waals surface area contributed by atoms with Crippen molar-refractivity contribution in [1.29, 1.82) is 0 Å². The third-order valence-corrected chi connectivity index (χ3v) is 12.9. The molecule has 3 aromatic heterocycles. The van der Waals surface area contributed by atoms with Crippen LogP contribution < -0.4 is 0 Å². The van der Waals surface area contributed by atoms with Crippen molar-refractivity contribution in [3.8, 4) is 33.6 Å². The second kappa shape index (κ2) is 13.8. The van der Waals surface area contributed by atoms with Gasteiger partial charge in [-0.3, -0.25) is 0 Å². The highest BCUT2D eigenvalue weighted by molar-refractivity contribution is 7.26. The topological polar surface area (TPSA) is 9.86 Å². The number of para-hydroxylation sites is 2. The van der Waals surface area contributed by atoms with Crippen molar-refractivity contribution in [2.75, 3.05) is 0 Å². The van der Waals surface area contributed by atoms with Crippen LogP contribution in [0.5, 0.6) is 0 Å². The number of thiophene rings is 1. The normalized spacial score (nSPS) is 12.3. The Morgan fingerprint density at radius 2 is 1.10 bits per heavy atom. The number of hydrogen-bond acceptors (Lipinski definition) is 1. The first-order valence-electron chi connectivity index (χ1n) is 19.8. The molecule has 274 valence electrons. The molecule has 0 atom stereocenters. The molecule has 58 heavy (non-hydrogen) atoms. The summed E-state index contributed by atoms with van der Waals surface area (Å²) in [7, 11) is 0. The average molecular weight is 759 g/mol. The summed E-state index contributed by atoms with van der Waals surface area (Å²) >= 11 is 1.88. The third-order valence-electron chi connectivity index (χ3n) is 11.7. The summed E-state index contributed by atoms with van der Waals surface area (Å²) < 4.78 is 7.53. The van der Waals surface area contributed by atoms with Crippen molar-refractivity contribution in [2.24, 2.45) is 0 Å². The first kappa shape index (κ1) is 34.1. The van der Waals surface area contributed by atoms with E-state index in [1.807, 2.05) is 23.5 Å². The highest BCUT2D eigenvalue weighted by atomic mass is 32.1. The van der Waals surface area contributed by atoms with Gasteiger partial charge in [0.25, 0.3) is 0 Å². The lowest BCUT2D eigenvalue weighted by Crippen LogP contribution is -1.96. The van der Waals surface area contributed by atoms with Crippen molar-refractivity contribution >= 4 is 80.7 Å². The zero-order valence-corrected chi connectivity index (χ0v) is 32.9. The largest absolute Gasteiger partial charge is 0.309 e. The Labute approximate surface area is 341 Å². The van der Waals surface area contributed by atoms with Crippen molar-refractivity contribution < 1.29 is 0 Å². The minimum atomic E-state index is 1.14. The summed E-state index contributed by atoms with van der Waals surface area (Å²) in [5.41, 5.74) is 14.4. The monoisotopic (exact) mass is 758 g/mol. The van der Waals surface area contributed by atoms with E-state index in [4.69, 9.17) is 0 Å². The highest BCUT2D eigenvalue weighted by Gasteiger charge is 2.20. The lowest BCUT2D eigenvalue weighted by Gasteiger charge is -2.11. The maximum Gasteiger partial charge on any atom is 0.0562 e. The summed E-state index contributed by atoms with van der Waals surface area (Å²) in [4.78, 5) is 0. The Kier molecular flexibility index (Phi) is 8.09. The molecule has 2 nitrogen and oxygen atoms in total. The summed E-state index contributed by atoms with van der Waals surface area (Å²) in [6, 6.07) is 64.9. The zero-order valence-electron chi connectivity index (χ0n) is 32.1. The molecule has 0 saturated heterocycles. The van der Waals surface area contributed by atoms with E-state index < -0.39 is 0 Å². The highest BCUT2D eigenvalue weighted by Crippen LogP contribution is 2.43. The number of benzene rings is 8. The van der Waals surface area contributed by atoms with E-state index in [0.29, 0.717) is 0 Å². The van der Waals surface area contributed by atoms with Gasteiger partial charge in [-0.2, -0.15) is 0 Å². The molecule has 0 N–H and O–H groups in total. The molecule has 11 rings (SSSR count). The fraction of sp³-hybridized carbons (Fsp3) is 0.0182. The smallest absolute Gasteiger partial charge is 0.0562 e. The van der Waals surface area contributed by atoms with Gasteiger partial charge in [0.15, 0.2) is 0 Å². The van der Waals surface area contributed by atoms with E-state index >= 15 is 0 Å². The Morgan fingerprint density at radius 1 is 0.466 bits per heavy atom. The molecule has 8 aromatic carbocycles. The van der Waals surface area contributed by atoms with Crippen LogP contribution in [-0.4, -0.2) is 9.13 Å². The third kappa shape index (κ3) is 5.47. The Balaban J connectivity index is 1.14. The van der Waals surface area contributed by atoms with Crippen LogP contribution in [0.4, 0.5) is 0 Å². The number of aromatic nitrogens is 2. The molecule has 0 aliphatic rings. The van der Waals surface area contributed by atoms with Crippen LogP contribution in [0.15, 0.2) is 207 Å². The SMILES string of the molecule is C=C/C=C\C=C(/C)c1cccc(-c2ccc3c(c2)c2cc4c5ccccc5n(-c5ccccc5)c4cc2n3-c2ccc(-c3cccc4c3sc3ccccc34)cc2)c1. The van der Waals surface area contributed by atoms with E-state index in [1.54, 1.807) is 6.08 Å². The molecule has 0 fully saturated rings. The average Bonchev–Trinajstić information content (AvgIpc) is 3.93. The van der Waals surface area contributed by atoms with E-state index in [0.717, 1.165) is 11.4 Å². The summed E-state index contributed by atoms with van der Waals surface area (Å²) in [6.45, 7) is 5.97. The van der Waals surface area contributed by atoms with Gasteiger partial charge < -0.3 is 9.13 Å². The van der Waals surface area contributed by atoms with Crippen LogP contribution in [0.3, 0.4) is 0 Å². The van der Waals surface area contributed by atoms with Crippen LogP contribution >= 0.6 is 11.3 Å².